The summed E-state index contributed by atoms with van der Waals surface area (Å²) in [5.41, 5.74) is 1.71. The lowest BCUT2D eigenvalue weighted by Crippen LogP contribution is -2.18. The number of aromatic nitrogens is 2. The average molecular weight is 177 g/mol. The van der Waals surface area contributed by atoms with Crippen LogP contribution in [0.4, 0.5) is 0 Å². The first kappa shape index (κ1) is 9.71. The summed E-state index contributed by atoms with van der Waals surface area (Å²) in [6, 6.07) is 1.84. The van der Waals surface area contributed by atoms with Crippen LogP contribution in [0, 0.1) is 5.92 Å². The van der Waals surface area contributed by atoms with Crippen LogP contribution >= 0.6 is 0 Å². The fourth-order valence-corrected chi connectivity index (χ4v) is 0.887. The van der Waals surface area contributed by atoms with Gasteiger partial charge in [0.2, 0.25) is 0 Å². The predicted octanol–water partition coefficient (Wildman–Crippen LogP) is 1.69. The third kappa shape index (κ3) is 3.23. The Morgan fingerprint density at radius 2 is 2.38 bits per heavy atom. The van der Waals surface area contributed by atoms with Crippen molar-refractivity contribution in [2.45, 2.75) is 13.8 Å². The highest BCUT2D eigenvalue weighted by molar-refractivity contribution is 5.57. The molecule has 3 heteroatoms. The van der Waals surface area contributed by atoms with Gasteiger partial charge in [-0.3, -0.25) is 0 Å². The summed E-state index contributed by atoms with van der Waals surface area (Å²) in [5, 5.41) is 3.21. The van der Waals surface area contributed by atoms with Gasteiger partial charge in [-0.1, -0.05) is 20.4 Å². The van der Waals surface area contributed by atoms with Crippen LogP contribution in [0.2, 0.25) is 0 Å². The lowest BCUT2D eigenvalue weighted by atomic mass is 10.2. The van der Waals surface area contributed by atoms with Crippen LogP contribution < -0.4 is 5.32 Å². The van der Waals surface area contributed by atoms with E-state index in [1.54, 1.807) is 6.20 Å². The molecule has 0 saturated carbocycles. The molecule has 13 heavy (non-hydrogen) atoms. The Morgan fingerprint density at radius 1 is 1.62 bits per heavy atom. The fraction of sp³-hybridized carbons (Fsp3) is 0.400. The van der Waals surface area contributed by atoms with Crippen molar-refractivity contribution < 1.29 is 0 Å². The Morgan fingerprint density at radius 3 is 2.92 bits per heavy atom. The maximum atomic E-state index is 4.08. The number of hydrogen-bond donors (Lipinski definition) is 1. The fourth-order valence-electron chi connectivity index (χ4n) is 0.887. The summed E-state index contributed by atoms with van der Waals surface area (Å²) < 4.78 is 0. The van der Waals surface area contributed by atoms with Gasteiger partial charge in [-0.2, -0.15) is 0 Å². The quantitative estimate of drug-likeness (QED) is 0.760. The van der Waals surface area contributed by atoms with Crippen LogP contribution in [-0.4, -0.2) is 16.5 Å². The minimum absolute atomic E-state index is 0.610. The molecule has 0 radical (unpaired) electrons. The van der Waals surface area contributed by atoms with E-state index in [1.807, 2.05) is 6.07 Å². The first-order valence-electron chi connectivity index (χ1n) is 4.39. The molecule has 0 amide bonds. The summed E-state index contributed by atoms with van der Waals surface area (Å²) in [7, 11) is 0. The molecule has 0 spiro atoms. The van der Waals surface area contributed by atoms with Gasteiger partial charge in [0.05, 0.1) is 11.4 Å². The van der Waals surface area contributed by atoms with Crippen LogP contribution in [0.15, 0.2) is 25.2 Å². The van der Waals surface area contributed by atoms with Crippen LogP contribution in [0.1, 0.15) is 19.5 Å². The second-order valence-electron chi connectivity index (χ2n) is 3.35. The molecule has 0 aliphatic heterocycles. The molecule has 1 N–H and O–H groups in total. The lowest BCUT2D eigenvalue weighted by Gasteiger charge is -2.10. The molecule has 0 aromatic carbocycles. The molecule has 0 bridgehead atoms. The number of rotatable bonds is 4. The van der Waals surface area contributed by atoms with Gasteiger partial charge in [-0.05, 0) is 12.0 Å². The first-order chi connectivity index (χ1) is 6.20. The minimum Gasteiger partial charge on any atom is -0.384 e. The highest BCUT2D eigenvalue weighted by Gasteiger charge is 1.99. The molecule has 1 heterocycles. The molecular weight excluding hydrogens is 162 g/mol. The maximum Gasteiger partial charge on any atom is 0.116 e. The molecule has 0 atom stereocenters. The zero-order chi connectivity index (χ0) is 9.68. The first-order valence-corrected chi connectivity index (χ1v) is 4.39. The third-order valence-corrected chi connectivity index (χ3v) is 1.61. The van der Waals surface area contributed by atoms with Crippen LogP contribution in [-0.2, 0) is 0 Å². The average Bonchev–Trinajstić information content (AvgIpc) is 2.15. The Balaban J connectivity index is 2.50. The summed E-state index contributed by atoms with van der Waals surface area (Å²) >= 11 is 0. The van der Waals surface area contributed by atoms with Crippen molar-refractivity contribution in [2.24, 2.45) is 5.92 Å². The van der Waals surface area contributed by atoms with Crippen molar-refractivity contribution in [1.29, 1.82) is 0 Å². The summed E-state index contributed by atoms with van der Waals surface area (Å²) in [6.45, 7) is 9.12. The van der Waals surface area contributed by atoms with E-state index in [4.69, 9.17) is 0 Å². The summed E-state index contributed by atoms with van der Waals surface area (Å²) in [4.78, 5) is 7.93. The van der Waals surface area contributed by atoms with Gasteiger partial charge in [0.15, 0.2) is 0 Å². The molecule has 0 aliphatic carbocycles. The van der Waals surface area contributed by atoms with E-state index in [1.165, 1.54) is 6.33 Å². The van der Waals surface area contributed by atoms with Gasteiger partial charge in [0.1, 0.15) is 6.33 Å². The van der Waals surface area contributed by atoms with E-state index < -0.39 is 0 Å². The largest absolute Gasteiger partial charge is 0.384 e. The predicted molar refractivity (Wildman–Crippen MR) is 53.9 cm³/mol. The van der Waals surface area contributed by atoms with Crippen molar-refractivity contribution in [2.75, 3.05) is 6.54 Å². The molecule has 1 aromatic rings. The van der Waals surface area contributed by atoms with Crippen molar-refractivity contribution in [3.63, 3.8) is 0 Å². The molecule has 0 fully saturated rings. The van der Waals surface area contributed by atoms with Crippen LogP contribution in [0.3, 0.4) is 0 Å². The van der Waals surface area contributed by atoms with E-state index in [9.17, 15) is 0 Å². The topological polar surface area (TPSA) is 37.8 Å². The summed E-state index contributed by atoms with van der Waals surface area (Å²) in [6.07, 6.45) is 3.24. The highest BCUT2D eigenvalue weighted by Crippen LogP contribution is 2.03. The van der Waals surface area contributed by atoms with Crippen molar-refractivity contribution in [1.82, 2.24) is 15.3 Å². The van der Waals surface area contributed by atoms with E-state index in [0.717, 1.165) is 17.9 Å². The monoisotopic (exact) mass is 177 g/mol. The second-order valence-corrected chi connectivity index (χ2v) is 3.35. The van der Waals surface area contributed by atoms with E-state index in [0.29, 0.717) is 5.92 Å². The Kier molecular flexibility index (Phi) is 3.43. The molecule has 3 nitrogen and oxygen atoms in total. The molecule has 0 saturated heterocycles. The van der Waals surface area contributed by atoms with Crippen molar-refractivity contribution in [3.05, 3.63) is 30.9 Å². The number of hydrogen-bond acceptors (Lipinski definition) is 3. The standard InChI is InChI=1S/C10H15N3/c1-8(2)6-12-9(3)10-4-5-11-7-13-10/h4-5,7-8,12H,3,6H2,1-2H3. The molecule has 1 aromatic heterocycles. The Bertz CT molecular complexity index is 267. The van der Waals surface area contributed by atoms with Crippen LogP contribution in [0.5, 0.6) is 0 Å². The Labute approximate surface area is 78.9 Å². The third-order valence-electron chi connectivity index (χ3n) is 1.61. The maximum absolute atomic E-state index is 4.08. The van der Waals surface area contributed by atoms with E-state index in [-0.39, 0.29) is 0 Å². The smallest absolute Gasteiger partial charge is 0.116 e. The number of nitrogens with one attached hydrogen (secondary N) is 1. The van der Waals surface area contributed by atoms with E-state index in [2.05, 4.69) is 35.7 Å². The normalized spacial score (nSPS) is 10.1. The van der Waals surface area contributed by atoms with Gasteiger partial charge in [0.25, 0.3) is 0 Å². The zero-order valence-electron chi connectivity index (χ0n) is 8.12. The molecule has 70 valence electrons. The van der Waals surface area contributed by atoms with Crippen LogP contribution in [0.25, 0.3) is 5.70 Å². The number of nitrogens with zero attached hydrogens (tertiary/aromatic N) is 2. The molecule has 0 unspecified atom stereocenters. The van der Waals surface area contributed by atoms with Gasteiger partial charge < -0.3 is 5.32 Å². The van der Waals surface area contributed by atoms with Crippen molar-refractivity contribution in [3.8, 4) is 0 Å². The molecular formula is C10H15N3. The van der Waals surface area contributed by atoms with E-state index >= 15 is 0 Å². The summed E-state index contributed by atoms with van der Waals surface area (Å²) in [5.74, 6) is 0.610. The molecule has 1 rings (SSSR count). The highest BCUT2D eigenvalue weighted by atomic mass is 14.9. The van der Waals surface area contributed by atoms with Gasteiger partial charge in [-0.15, -0.1) is 0 Å². The minimum atomic E-state index is 0.610. The Hall–Kier alpha value is -1.38. The second kappa shape index (κ2) is 4.60. The van der Waals surface area contributed by atoms with Gasteiger partial charge in [0, 0.05) is 12.7 Å². The SMILES string of the molecule is C=C(NCC(C)C)c1ccncn1. The lowest BCUT2D eigenvalue weighted by molar-refractivity contribution is 0.617. The van der Waals surface area contributed by atoms with Gasteiger partial charge in [-0.25, -0.2) is 9.97 Å². The van der Waals surface area contributed by atoms with Gasteiger partial charge >= 0.3 is 0 Å². The van der Waals surface area contributed by atoms with Crippen molar-refractivity contribution >= 4 is 5.70 Å². The molecule has 0 aliphatic rings. The zero-order valence-corrected chi connectivity index (χ0v) is 8.12.